The predicted octanol–water partition coefficient (Wildman–Crippen LogP) is 2.39. The number of carbonyl (C=O) groups is 3. The number of likely N-dealkylation sites (tertiary alicyclic amines) is 1. The van der Waals surface area contributed by atoms with Crippen LogP contribution in [0.3, 0.4) is 0 Å². The van der Waals surface area contributed by atoms with Crippen LogP contribution in [0.4, 0.5) is 4.39 Å². The number of hydrogen-bond acceptors (Lipinski definition) is 3. The van der Waals surface area contributed by atoms with E-state index in [9.17, 15) is 18.8 Å². The first-order valence-corrected chi connectivity index (χ1v) is 8.45. The summed E-state index contributed by atoms with van der Waals surface area (Å²) in [5, 5.41) is 0.227. The predicted molar refractivity (Wildman–Crippen MR) is 90.0 cm³/mol. The lowest BCUT2D eigenvalue weighted by atomic mass is 9.85. The number of rotatable bonds is 4. The fraction of sp³-hybridized carbons (Fsp3) is 0.389. The Bertz CT molecular complexity index is 718. The number of benzene rings is 1. The first-order chi connectivity index (χ1) is 11.9. The zero-order chi connectivity index (χ0) is 18.1. The van der Waals surface area contributed by atoms with Gasteiger partial charge in [-0.05, 0) is 25.0 Å². The van der Waals surface area contributed by atoms with Crippen LogP contribution in [0.1, 0.15) is 18.4 Å². The number of likely N-dealkylation sites (N-methyl/N-ethyl adjacent to an activating group) is 1. The van der Waals surface area contributed by atoms with Crippen LogP contribution in [0.25, 0.3) is 0 Å². The van der Waals surface area contributed by atoms with Gasteiger partial charge in [-0.1, -0.05) is 29.8 Å². The van der Waals surface area contributed by atoms with Gasteiger partial charge in [0.05, 0.1) is 11.8 Å². The second-order valence-electron chi connectivity index (χ2n) is 6.37. The molecule has 2 aliphatic rings. The molecule has 1 fully saturated rings. The highest BCUT2D eigenvalue weighted by Gasteiger charge is 2.47. The normalized spacial score (nSPS) is 22.3. The van der Waals surface area contributed by atoms with E-state index in [-0.39, 0.29) is 47.3 Å². The average Bonchev–Trinajstić information content (AvgIpc) is 2.83. The van der Waals surface area contributed by atoms with Gasteiger partial charge in [0.15, 0.2) is 0 Å². The Hall–Kier alpha value is -2.21. The molecule has 1 aromatic carbocycles. The monoisotopic (exact) mass is 364 g/mol. The minimum absolute atomic E-state index is 0.0328. The van der Waals surface area contributed by atoms with E-state index in [1.165, 1.54) is 24.1 Å². The molecular weight excluding hydrogens is 347 g/mol. The molecule has 2 atom stereocenters. The Kier molecular flexibility index (Phi) is 4.90. The molecule has 7 heteroatoms. The molecule has 5 nitrogen and oxygen atoms in total. The molecule has 0 unspecified atom stereocenters. The minimum Gasteiger partial charge on any atom is -0.340 e. The number of hydrogen-bond donors (Lipinski definition) is 0. The third-order valence-corrected chi connectivity index (χ3v) is 5.13. The zero-order valence-corrected chi connectivity index (χ0v) is 14.5. The van der Waals surface area contributed by atoms with Crippen molar-refractivity contribution in [3.05, 3.63) is 46.8 Å². The molecule has 132 valence electrons. The molecule has 3 amide bonds. The summed E-state index contributed by atoms with van der Waals surface area (Å²) >= 11 is 5.97. The van der Waals surface area contributed by atoms with Gasteiger partial charge < -0.3 is 4.90 Å². The lowest BCUT2D eigenvalue weighted by molar-refractivity contribution is -0.146. The van der Waals surface area contributed by atoms with E-state index >= 15 is 0 Å². The molecule has 1 heterocycles. The van der Waals surface area contributed by atoms with E-state index in [2.05, 4.69) is 0 Å². The highest BCUT2D eigenvalue weighted by atomic mass is 35.5. The van der Waals surface area contributed by atoms with E-state index in [1.54, 1.807) is 6.07 Å². The summed E-state index contributed by atoms with van der Waals surface area (Å²) in [6.45, 7) is -0.359. The van der Waals surface area contributed by atoms with Gasteiger partial charge in [-0.25, -0.2) is 4.39 Å². The molecule has 0 N–H and O–H groups in total. The van der Waals surface area contributed by atoms with Gasteiger partial charge in [0.25, 0.3) is 0 Å². The highest BCUT2D eigenvalue weighted by molar-refractivity contribution is 6.31. The number of allylic oxidation sites excluding steroid dienone is 2. The number of halogens is 2. The van der Waals surface area contributed by atoms with Crippen molar-refractivity contribution in [2.24, 2.45) is 11.8 Å². The summed E-state index contributed by atoms with van der Waals surface area (Å²) in [5.41, 5.74) is 0.206. The van der Waals surface area contributed by atoms with Crippen LogP contribution in [0.2, 0.25) is 5.02 Å². The van der Waals surface area contributed by atoms with Crippen LogP contribution in [-0.2, 0) is 20.9 Å². The number of carbonyl (C=O) groups excluding carboxylic acids is 3. The van der Waals surface area contributed by atoms with Gasteiger partial charge in [-0.15, -0.1) is 0 Å². The van der Waals surface area contributed by atoms with Crippen molar-refractivity contribution in [2.75, 3.05) is 13.6 Å². The van der Waals surface area contributed by atoms with Gasteiger partial charge in [-0.2, -0.15) is 0 Å². The Balaban J connectivity index is 1.68. The van der Waals surface area contributed by atoms with Gasteiger partial charge in [0, 0.05) is 24.2 Å². The molecule has 0 aromatic heterocycles. The minimum atomic E-state index is -0.502. The maximum absolute atomic E-state index is 13.9. The largest absolute Gasteiger partial charge is 0.340 e. The summed E-state index contributed by atoms with van der Waals surface area (Å²) in [4.78, 5) is 39.5. The highest BCUT2D eigenvalue weighted by Crippen LogP contribution is 2.35. The summed E-state index contributed by atoms with van der Waals surface area (Å²) < 4.78 is 13.9. The fourth-order valence-corrected chi connectivity index (χ4v) is 3.51. The lowest BCUT2D eigenvalue weighted by Gasteiger charge is -2.21. The number of nitrogens with zero attached hydrogens (tertiary/aromatic N) is 2. The average molecular weight is 365 g/mol. The Labute approximate surface area is 150 Å². The lowest BCUT2D eigenvalue weighted by Crippen LogP contribution is -2.41. The van der Waals surface area contributed by atoms with Crippen molar-refractivity contribution >= 4 is 29.3 Å². The van der Waals surface area contributed by atoms with Crippen LogP contribution in [0.15, 0.2) is 30.4 Å². The van der Waals surface area contributed by atoms with E-state index in [0.29, 0.717) is 12.8 Å². The van der Waals surface area contributed by atoms with Gasteiger partial charge in [0.2, 0.25) is 17.7 Å². The van der Waals surface area contributed by atoms with Crippen LogP contribution in [0, 0.1) is 17.7 Å². The van der Waals surface area contributed by atoms with Gasteiger partial charge in [-0.3, -0.25) is 19.3 Å². The standard InChI is InChI=1S/C18H18ClFN2O3/c1-21(9-13-14(19)7-4-8-15(13)20)16(23)10-22-17(24)11-5-2-3-6-12(11)18(22)25/h2-4,7-8,11-12H,5-6,9-10H2,1H3/t11-,12+. The summed E-state index contributed by atoms with van der Waals surface area (Å²) in [6, 6.07) is 4.30. The van der Waals surface area contributed by atoms with Crippen molar-refractivity contribution in [3.8, 4) is 0 Å². The summed E-state index contributed by atoms with van der Waals surface area (Å²) in [5.74, 6) is -2.27. The molecular formula is C18H18ClFN2O3. The number of imide groups is 1. The van der Waals surface area contributed by atoms with Crippen molar-refractivity contribution in [2.45, 2.75) is 19.4 Å². The molecule has 1 aromatic rings. The molecule has 1 saturated heterocycles. The summed E-state index contributed by atoms with van der Waals surface area (Å²) in [7, 11) is 1.49. The van der Waals surface area contributed by atoms with Crippen molar-refractivity contribution in [1.29, 1.82) is 0 Å². The first-order valence-electron chi connectivity index (χ1n) is 8.07. The molecule has 0 bridgehead atoms. The van der Waals surface area contributed by atoms with Crippen molar-refractivity contribution in [3.63, 3.8) is 0 Å². The maximum atomic E-state index is 13.9. The second kappa shape index (κ2) is 6.96. The molecule has 0 spiro atoms. The third-order valence-electron chi connectivity index (χ3n) is 4.77. The molecule has 25 heavy (non-hydrogen) atoms. The van der Waals surface area contributed by atoms with E-state index < -0.39 is 11.7 Å². The topological polar surface area (TPSA) is 57.7 Å². The summed E-state index contributed by atoms with van der Waals surface area (Å²) in [6.07, 6.45) is 4.84. The fourth-order valence-electron chi connectivity index (χ4n) is 3.29. The van der Waals surface area contributed by atoms with Crippen LogP contribution in [-0.4, -0.2) is 41.1 Å². The smallest absolute Gasteiger partial charge is 0.242 e. The first kappa shape index (κ1) is 17.6. The number of amides is 3. The number of fused-ring (bicyclic) bond motifs is 1. The molecule has 1 aliphatic heterocycles. The van der Waals surface area contributed by atoms with Crippen molar-refractivity contribution in [1.82, 2.24) is 9.80 Å². The molecule has 1 aliphatic carbocycles. The quantitative estimate of drug-likeness (QED) is 0.609. The molecule has 0 radical (unpaired) electrons. The van der Waals surface area contributed by atoms with Gasteiger partial charge >= 0.3 is 0 Å². The van der Waals surface area contributed by atoms with Crippen LogP contribution in [0.5, 0.6) is 0 Å². The molecule has 0 saturated carbocycles. The SMILES string of the molecule is CN(Cc1c(F)cccc1Cl)C(=O)CN1C(=O)[C@H]2CC=CC[C@H]2C1=O. The zero-order valence-electron chi connectivity index (χ0n) is 13.7. The van der Waals surface area contributed by atoms with E-state index in [0.717, 1.165) is 4.90 Å². The Morgan fingerprint density at radius 2 is 1.84 bits per heavy atom. The van der Waals surface area contributed by atoms with E-state index in [1.807, 2.05) is 12.2 Å². The molecule has 3 rings (SSSR count). The second-order valence-corrected chi connectivity index (χ2v) is 6.78. The third kappa shape index (κ3) is 3.31. The van der Waals surface area contributed by atoms with Crippen LogP contribution >= 0.6 is 11.6 Å². The Morgan fingerprint density at radius 3 is 2.40 bits per heavy atom. The Morgan fingerprint density at radius 1 is 1.24 bits per heavy atom. The van der Waals surface area contributed by atoms with Gasteiger partial charge in [0.1, 0.15) is 12.4 Å². The van der Waals surface area contributed by atoms with Crippen LogP contribution < -0.4 is 0 Å². The maximum Gasteiger partial charge on any atom is 0.242 e. The van der Waals surface area contributed by atoms with E-state index in [4.69, 9.17) is 11.6 Å². The van der Waals surface area contributed by atoms with Crippen molar-refractivity contribution < 1.29 is 18.8 Å².